The zero-order chi connectivity index (χ0) is 78.0. The third-order valence-corrected chi connectivity index (χ3v) is 17.1. The minimum absolute atomic E-state index is 0.00458. The van der Waals surface area contributed by atoms with Crippen molar-refractivity contribution in [2.75, 3.05) is 26.2 Å². The number of guanidine groups is 3. The summed E-state index contributed by atoms with van der Waals surface area (Å²) in [7, 11) is 0. The Morgan fingerprint density at radius 2 is 0.783 bits per heavy atom. The first-order valence-electron chi connectivity index (χ1n) is 34.8. The Morgan fingerprint density at radius 3 is 1.21 bits per heavy atom. The van der Waals surface area contributed by atoms with E-state index in [2.05, 4.69) is 73.8 Å². The number of para-hydroxylation sites is 2. The van der Waals surface area contributed by atoms with Crippen LogP contribution in [0, 0.1) is 22.1 Å². The van der Waals surface area contributed by atoms with Crippen molar-refractivity contribution in [3.8, 4) is 0 Å². The molecule has 0 unspecified atom stereocenters. The van der Waals surface area contributed by atoms with E-state index in [9.17, 15) is 57.8 Å². The van der Waals surface area contributed by atoms with Crippen molar-refractivity contribution in [2.24, 2.45) is 46.1 Å². The van der Waals surface area contributed by atoms with Gasteiger partial charge in [0, 0.05) is 73.1 Å². The Kier molecular flexibility index (Phi) is 34.6. The molecule has 0 aliphatic rings. The molecule has 5 aromatic rings. The molecule has 37 nitrogen and oxygen atoms in total. The lowest BCUT2D eigenvalue weighted by atomic mass is 10.00. The van der Waals surface area contributed by atoms with Gasteiger partial charge in [-0.15, -0.1) is 0 Å². The quantitative estimate of drug-likeness (QED) is 0.0101. The van der Waals surface area contributed by atoms with Crippen molar-refractivity contribution in [3.63, 3.8) is 0 Å². The van der Waals surface area contributed by atoms with Crippen molar-refractivity contribution < 1.29 is 62.6 Å². The number of aromatic nitrogens is 2. The summed E-state index contributed by atoms with van der Waals surface area (Å²) in [5.74, 6) is -13.8. The molecule has 5 rings (SSSR count). The number of fused-ring (bicyclic) bond motifs is 2. The highest BCUT2D eigenvalue weighted by atomic mass is 16.4. The number of hydrogen-bond donors (Lipinski definition) is 25. The second-order valence-corrected chi connectivity index (χ2v) is 25.9. The van der Waals surface area contributed by atoms with Crippen molar-refractivity contribution in [1.29, 1.82) is 16.2 Å². The number of hydrogen-bond acceptors (Lipinski definition) is 17. The maximum atomic E-state index is 15.1. The van der Waals surface area contributed by atoms with Crippen LogP contribution in [0.15, 0.2) is 91.3 Å². The predicted molar refractivity (Wildman–Crippen MR) is 395 cm³/mol. The molecule has 0 bridgehead atoms. The number of nitrogens with one attached hydrogen (secondary N) is 17. The van der Waals surface area contributed by atoms with Gasteiger partial charge in [0.25, 0.3) is 0 Å². The highest BCUT2D eigenvalue weighted by molar-refractivity contribution is 6.00. The zero-order valence-electron chi connectivity index (χ0n) is 59.3. The normalized spacial score (nSPS) is 13.9. The van der Waals surface area contributed by atoms with Gasteiger partial charge in [-0.3, -0.25) is 69.0 Å². The van der Waals surface area contributed by atoms with Crippen LogP contribution in [-0.4, -0.2) is 190 Å². The molecule has 576 valence electrons. The first-order valence-corrected chi connectivity index (χ1v) is 34.8. The van der Waals surface area contributed by atoms with Gasteiger partial charge in [0.1, 0.15) is 54.4 Å². The molecule has 2 heterocycles. The lowest BCUT2D eigenvalue weighted by Gasteiger charge is -2.29. The topological polar surface area (TPSA) is 655 Å². The fourth-order valence-corrected chi connectivity index (χ4v) is 11.5. The second-order valence-electron chi connectivity index (χ2n) is 25.9. The summed E-state index contributed by atoms with van der Waals surface area (Å²) in [6.07, 6.45) is 1.31. The molecule has 0 aliphatic carbocycles. The van der Waals surface area contributed by atoms with Crippen LogP contribution in [0.1, 0.15) is 108 Å². The second kappa shape index (κ2) is 43.3. The maximum Gasteiger partial charge on any atom is 0.326 e. The molecule has 10 atom stereocenters. The van der Waals surface area contributed by atoms with Crippen LogP contribution >= 0.6 is 0 Å². The van der Waals surface area contributed by atoms with Crippen LogP contribution in [0.2, 0.25) is 0 Å². The van der Waals surface area contributed by atoms with E-state index in [0.29, 0.717) is 33.8 Å². The highest BCUT2D eigenvalue weighted by Crippen LogP contribution is 2.22. The van der Waals surface area contributed by atoms with Crippen LogP contribution in [0.3, 0.4) is 0 Å². The third-order valence-electron chi connectivity index (χ3n) is 17.1. The van der Waals surface area contributed by atoms with Gasteiger partial charge in [-0.25, -0.2) is 4.79 Å². The number of aromatic amines is 2. The highest BCUT2D eigenvalue weighted by Gasteiger charge is 2.37. The van der Waals surface area contributed by atoms with E-state index < -0.39 is 168 Å². The molecule has 0 saturated carbocycles. The summed E-state index contributed by atoms with van der Waals surface area (Å²) in [6, 6.07) is 7.88. The Hall–Kier alpha value is -11.9. The number of primary amides is 2. The van der Waals surface area contributed by atoms with E-state index in [1.165, 1.54) is 0 Å². The summed E-state index contributed by atoms with van der Waals surface area (Å²) in [5.41, 5.74) is 43.1. The summed E-state index contributed by atoms with van der Waals surface area (Å²) in [4.78, 5) is 175. The minimum atomic E-state index is -1.92. The van der Waals surface area contributed by atoms with Crippen molar-refractivity contribution in [2.45, 2.75) is 171 Å². The van der Waals surface area contributed by atoms with Crippen LogP contribution in [0.25, 0.3) is 21.8 Å². The summed E-state index contributed by atoms with van der Waals surface area (Å²) in [6.45, 7) is 3.49. The number of carboxylic acid groups (broad SMARTS) is 1. The molecular formula is C69H102N24O13. The molecule has 32 N–H and O–H groups in total. The van der Waals surface area contributed by atoms with E-state index in [0.717, 1.165) is 11.1 Å². The molecule has 2 aromatic heterocycles. The number of H-pyrrole nitrogens is 2. The molecule has 0 fully saturated rings. The molecule has 3 aromatic carbocycles. The van der Waals surface area contributed by atoms with E-state index in [4.69, 9.17) is 56.4 Å². The van der Waals surface area contributed by atoms with Gasteiger partial charge in [0.2, 0.25) is 65.0 Å². The first-order chi connectivity index (χ1) is 50.4. The van der Waals surface area contributed by atoms with Gasteiger partial charge >= 0.3 is 5.97 Å². The minimum Gasteiger partial charge on any atom is -0.480 e. The Bertz CT molecular complexity index is 3870. The fraction of sp³-hybridized carbons (Fsp3) is 0.464. The number of unbranched alkanes of at least 4 members (excludes halogenated alkanes) is 1. The number of carbonyl (C=O) groups excluding carboxylic acids is 11. The average molecular weight is 1480 g/mol. The van der Waals surface area contributed by atoms with Crippen LogP contribution < -0.4 is 104 Å². The number of rotatable bonds is 47. The van der Waals surface area contributed by atoms with Gasteiger partial charge in [-0.2, -0.15) is 0 Å². The Morgan fingerprint density at radius 1 is 0.415 bits per heavy atom. The zero-order valence-corrected chi connectivity index (χ0v) is 59.3. The van der Waals surface area contributed by atoms with Gasteiger partial charge in [0.05, 0.1) is 12.5 Å². The van der Waals surface area contributed by atoms with Gasteiger partial charge in [0.15, 0.2) is 17.9 Å². The SMILES string of the molecule is CC(C)[C@H](NC(=O)[C@H](CCCCN)NC(=O)[C@H](CCCNC(=N)N)NC(=O)[C@H](Cc1c[nH]c2ccccc12)NC(=O)[C@H](CC(N)=O)NC(=O)[C@H](CCCNC(=N)N)NC(=O)[C@H](CCC(N)=O)NC(=O)[C@H](Cc1c[nH]c2ccccc12)NC(=O)[C@@H](N)Cc1ccccc1)C(=O)N[C@@H](CCCNC(=N)N)C(=O)O. The molecule has 11 amide bonds. The number of carboxylic acids is 1. The lowest BCUT2D eigenvalue weighted by Crippen LogP contribution is -2.61. The summed E-state index contributed by atoms with van der Waals surface area (Å²) < 4.78 is 0. The van der Waals surface area contributed by atoms with Crippen molar-refractivity contribution in [3.05, 3.63) is 108 Å². The Labute approximate surface area is 611 Å². The number of nitrogens with two attached hydrogens (primary N) is 7. The standard InChI is InChI=1S/C69H102N24O13/c1-37(2)56(65(104)89-50(66(105)106)24-14-30-82-69(78)79)93-61(100)46(21-10-11-27-70)85-58(97)47(22-12-28-80-67(74)75)87-63(102)52(33-40-36-84-45-20-9-7-18-42(40)45)91-64(103)53(34-55(73)95)92-59(98)48(23-13-29-81-68(76)77)86-60(99)49(25-26-54(72)94)88-62(101)51(32-39-35-83-44-19-8-6-17-41(39)44)90-57(96)43(71)31-38-15-4-3-5-16-38/h3-9,15-20,35-37,43,46-53,56,83-84H,10-14,21-34,70-71H2,1-2H3,(H2,72,94)(H2,73,95)(H,85,97)(H,86,99)(H,87,102)(H,88,101)(H,89,104)(H,90,96)(H,91,103)(H,92,98)(H,93,100)(H,105,106)(H4,74,75,80)(H4,76,77,81)(H4,78,79,82)/t43-,46-,47-,48-,49-,50-,51-,52-,53-,56-/m0/s1. The summed E-state index contributed by atoms with van der Waals surface area (Å²) in [5, 5.41) is 65.2. The molecule has 0 saturated heterocycles. The Balaban J connectivity index is 1.46. The van der Waals surface area contributed by atoms with Crippen molar-refractivity contribution in [1.82, 2.24) is 73.8 Å². The maximum absolute atomic E-state index is 15.1. The molecule has 106 heavy (non-hydrogen) atoms. The van der Waals surface area contributed by atoms with E-state index in [1.807, 2.05) is 0 Å². The molecule has 0 radical (unpaired) electrons. The molecular weight excluding hydrogens is 1370 g/mol. The van der Waals surface area contributed by atoms with Gasteiger partial charge < -0.3 is 119 Å². The lowest BCUT2D eigenvalue weighted by molar-refractivity contribution is -0.143. The monoisotopic (exact) mass is 1470 g/mol. The fourth-order valence-electron chi connectivity index (χ4n) is 11.5. The number of carbonyl (C=O) groups is 12. The summed E-state index contributed by atoms with van der Waals surface area (Å²) >= 11 is 0. The number of aliphatic carboxylic acids is 1. The predicted octanol–water partition coefficient (Wildman–Crippen LogP) is -3.83. The van der Waals surface area contributed by atoms with E-state index in [-0.39, 0.29) is 103 Å². The van der Waals surface area contributed by atoms with Crippen LogP contribution in [-0.2, 0) is 76.8 Å². The van der Waals surface area contributed by atoms with Gasteiger partial charge in [-0.1, -0.05) is 80.6 Å². The van der Waals surface area contributed by atoms with Crippen LogP contribution in [0.5, 0.6) is 0 Å². The molecule has 0 spiro atoms. The van der Waals surface area contributed by atoms with Crippen LogP contribution in [0.4, 0.5) is 0 Å². The first kappa shape index (κ1) is 84.8. The van der Waals surface area contributed by atoms with Gasteiger partial charge in [-0.05, 0) is 112 Å². The van der Waals surface area contributed by atoms with E-state index in [1.54, 1.807) is 105 Å². The van der Waals surface area contributed by atoms with E-state index >= 15 is 4.79 Å². The van der Waals surface area contributed by atoms with Crippen molar-refractivity contribution >= 4 is 111 Å². The average Bonchev–Trinajstić information content (AvgIpc) is 1.37. The number of amides is 11. The molecule has 37 heteroatoms. The largest absolute Gasteiger partial charge is 0.480 e. The smallest absolute Gasteiger partial charge is 0.326 e. The number of benzene rings is 3. The molecule has 0 aliphatic heterocycles. The third kappa shape index (κ3) is 28.7.